The molecule has 0 radical (unpaired) electrons. The second-order valence-electron chi connectivity index (χ2n) is 3.73. The van der Waals surface area contributed by atoms with Gasteiger partial charge in [0.05, 0.1) is 11.6 Å². The molecule has 7 nitrogen and oxygen atoms in total. The van der Waals surface area contributed by atoms with Gasteiger partial charge < -0.3 is 5.32 Å². The van der Waals surface area contributed by atoms with Crippen LogP contribution in [0.4, 0.5) is 5.82 Å². The number of nitrogens with zero attached hydrogens (tertiary/aromatic N) is 6. The fourth-order valence-corrected chi connectivity index (χ4v) is 1.78. The Hall–Kier alpha value is -2.57. The first kappa shape index (κ1) is 10.6. The first-order valence-electron chi connectivity index (χ1n) is 5.46. The summed E-state index contributed by atoms with van der Waals surface area (Å²) in [5.41, 5.74) is 0.727. The van der Waals surface area contributed by atoms with Gasteiger partial charge in [0.2, 0.25) is 0 Å². The lowest BCUT2D eigenvalue weighted by Gasteiger charge is -2.04. The van der Waals surface area contributed by atoms with Gasteiger partial charge in [-0.3, -0.25) is 0 Å². The number of aromatic nitrogens is 6. The maximum absolute atomic E-state index is 4.41. The number of nitrogens with one attached hydrogen (secondary N) is 1. The van der Waals surface area contributed by atoms with Gasteiger partial charge in [-0.1, -0.05) is 0 Å². The zero-order chi connectivity index (χ0) is 12.5. The van der Waals surface area contributed by atoms with E-state index in [4.69, 9.17) is 0 Å². The van der Waals surface area contributed by atoms with E-state index in [1.807, 2.05) is 14.0 Å². The van der Waals surface area contributed by atoms with Crippen molar-refractivity contribution in [3.8, 4) is 5.82 Å². The topological polar surface area (TPSA) is 81.4 Å². The smallest absolute Gasteiger partial charge is 0.170 e. The lowest BCUT2D eigenvalue weighted by molar-refractivity contribution is 0.850. The summed E-state index contributed by atoms with van der Waals surface area (Å²) in [6.45, 7) is 1.84. The lowest BCUT2D eigenvalue weighted by Crippen LogP contribution is -2.03. The molecule has 3 aromatic rings. The minimum Gasteiger partial charge on any atom is -0.372 e. The van der Waals surface area contributed by atoms with E-state index in [0.29, 0.717) is 11.6 Å². The molecular weight excluding hydrogens is 230 g/mol. The molecule has 0 aliphatic carbocycles. The Bertz CT molecular complexity index is 689. The maximum Gasteiger partial charge on any atom is 0.170 e. The van der Waals surface area contributed by atoms with Gasteiger partial charge in [0.25, 0.3) is 0 Å². The third-order valence-electron chi connectivity index (χ3n) is 2.56. The summed E-state index contributed by atoms with van der Waals surface area (Å²) >= 11 is 0. The van der Waals surface area contributed by atoms with E-state index in [-0.39, 0.29) is 0 Å². The molecule has 0 amide bonds. The first-order chi connectivity index (χ1) is 8.79. The molecule has 0 aromatic carbocycles. The minimum absolute atomic E-state index is 0.681. The summed E-state index contributed by atoms with van der Waals surface area (Å²) in [4.78, 5) is 16.8. The van der Waals surface area contributed by atoms with Gasteiger partial charge in [0, 0.05) is 19.3 Å². The minimum atomic E-state index is 0.681. The zero-order valence-corrected chi connectivity index (χ0v) is 9.99. The van der Waals surface area contributed by atoms with Crippen LogP contribution in [0.2, 0.25) is 0 Å². The van der Waals surface area contributed by atoms with Crippen LogP contribution in [0, 0.1) is 6.92 Å². The normalized spacial score (nSPS) is 10.8. The number of rotatable bonds is 2. The molecule has 3 heterocycles. The van der Waals surface area contributed by atoms with Crippen LogP contribution in [-0.2, 0) is 0 Å². The highest BCUT2D eigenvalue weighted by Crippen LogP contribution is 2.21. The molecule has 0 unspecified atom stereocenters. The summed E-state index contributed by atoms with van der Waals surface area (Å²) in [6.07, 6.45) is 4.88. The third kappa shape index (κ3) is 1.56. The van der Waals surface area contributed by atoms with Gasteiger partial charge in [0.1, 0.15) is 18.0 Å². The summed E-state index contributed by atoms with van der Waals surface area (Å²) in [5.74, 6) is 2.13. The Morgan fingerprint density at radius 1 is 1.28 bits per heavy atom. The van der Waals surface area contributed by atoms with Gasteiger partial charge in [-0.05, 0) is 6.92 Å². The summed E-state index contributed by atoms with van der Waals surface area (Å²) < 4.78 is 1.67. The number of hydrogen-bond donors (Lipinski definition) is 1. The van der Waals surface area contributed by atoms with Gasteiger partial charge >= 0.3 is 0 Å². The molecule has 0 aliphatic rings. The number of hydrogen-bond acceptors (Lipinski definition) is 6. The van der Waals surface area contributed by atoms with Crippen molar-refractivity contribution in [2.45, 2.75) is 6.92 Å². The van der Waals surface area contributed by atoms with Crippen molar-refractivity contribution in [1.82, 2.24) is 29.7 Å². The largest absolute Gasteiger partial charge is 0.372 e. The van der Waals surface area contributed by atoms with Gasteiger partial charge in [-0.15, -0.1) is 0 Å². The van der Waals surface area contributed by atoms with Crippen LogP contribution in [0.1, 0.15) is 5.82 Å². The summed E-state index contributed by atoms with van der Waals surface area (Å²) in [5, 5.41) is 8.20. The molecule has 0 spiro atoms. The average Bonchev–Trinajstić information content (AvgIpc) is 2.82. The van der Waals surface area contributed by atoms with E-state index in [0.717, 1.165) is 16.9 Å². The highest BCUT2D eigenvalue weighted by atomic mass is 15.3. The molecule has 3 aromatic heterocycles. The van der Waals surface area contributed by atoms with Crippen molar-refractivity contribution >= 4 is 16.9 Å². The van der Waals surface area contributed by atoms with Crippen molar-refractivity contribution in [3.05, 3.63) is 30.6 Å². The van der Waals surface area contributed by atoms with Crippen LogP contribution in [0.15, 0.2) is 24.8 Å². The summed E-state index contributed by atoms with van der Waals surface area (Å²) in [7, 11) is 1.82. The van der Waals surface area contributed by atoms with Crippen molar-refractivity contribution in [2.24, 2.45) is 0 Å². The van der Waals surface area contributed by atoms with E-state index in [1.54, 1.807) is 23.1 Å². The van der Waals surface area contributed by atoms with E-state index < -0.39 is 0 Å². The Balaban J connectivity index is 2.30. The summed E-state index contributed by atoms with van der Waals surface area (Å²) in [6, 6.07) is 1.78. The van der Waals surface area contributed by atoms with Gasteiger partial charge in [-0.25, -0.2) is 19.9 Å². The SMILES string of the molecule is CNc1nc(C)nc2c1cnn2-c1ccncn1. The Labute approximate surface area is 103 Å². The number of anilines is 1. The van der Waals surface area contributed by atoms with Crippen molar-refractivity contribution in [1.29, 1.82) is 0 Å². The monoisotopic (exact) mass is 241 g/mol. The average molecular weight is 241 g/mol. The van der Waals surface area contributed by atoms with Crippen LogP contribution in [0.25, 0.3) is 16.9 Å². The molecule has 90 valence electrons. The highest BCUT2D eigenvalue weighted by molar-refractivity contribution is 5.87. The molecule has 1 N–H and O–H groups in total. The first-order valence-corrected chi connectivity index (χ1v) is 5.46. The quantitative estimate of drug-likeness (QED) is 0.719. The highest BCUT2D eigenvalue weighted by Gasteiger charge is 2.12. The van der Waals surface area contributed by atoms with Crippen molar-refractivity contribution < 1.29 is 0 Å². The molecule has 0 atom stereocenters. The van der Waals surface area contributed by atoms with E-state index in [9.17, 15) is 0 Å². The van der Waals surface area contributed by atoms with Crippen molar-refractivity contribution in [3.63, 3.8) is 0 Å². The third-order valence-corrected chi connectivity index (χ3v) is 2.56. The molecular formula is C11H11N7. The van der Waals surface area contributed by atoms with Gasteiger partial charge in [0.15, 0.2) is 11.5 Å². The molecule has 0 saturated carbocycles. The Kier molecular flexibility index (Phi) is 2.36. The molecule has 0 aliphatic heterocycles. The fourth-order valence-electron chi connectivity index (χ4n) is 1.78. The molecule has 0 fully saturated rings. The van der Waals surface area contributed by atoms with E-state index in [2.05, 4.69) is 30.4 Å². The number of aryl methyl sites for hydroxylation is 1. The molecule has 0 saturated heterocycles. The molecule has 18 heavy (non-hydrogen) atoms. The fraction of sp³-hybridized carbons (Fsp3) is 0.182. The lowest BCUT2D eigenvalue weighted by atomic mass is 10.4. The van der Waals surface area contributed by atoms with E-state index in [1.165, 1.54) is 6.33 Å². The van der Waals surface area contributed by atoms with Crippen LogP contribution in [0.3, 0.4) is 0 Å². The predicted molar refractivity (Wildman–Crippen MR) is 66.5 cm³/mol. The van der Waals surface area contributed by atoms with Crippen LogP contribution < -0.4 is 5.32 Å². The van der Waals surface area contributed by atoms with Crippen molar-refractivity contribution in [2.75, 3.05) is 12.4 Å². The molecule has 0 bridgehead atoms. The zero-order valence-electron chi connectivity index (χ0n) is 9.99. The van der Waals surface area contributed by atoms with Crippen LogP contribution in [-0.4, -0.2) is 36.8 Å². The number of fused-ring (bicyclic) bond motifs is 1. The predicted octanol–water partition coefficient (Wildman–Crippen LogP) is 0.956. The second kappa shape index (κ2) is 4.02. The Morgan fingerprint density at radius 2 is 2.17 bits per heavy atom. The van der Waals surface area contributed by atoms with Gasteiger partial charge in [-0.2, -0.15) is 9.78 Å². The second-order valence-corrected chi connectivity index (χ2v) is 3.73. The Morgan fingerprint density at radius 3 is 2.89 bits per heavy atom. The van der Waals surface area contributed by atoms with Crippen LogP contribution in [0.5, 0.6) is 0 Å². The molecule has 3 rings (SSSR count). The molecule has 7 heteroatoms. The van der Waals surface area contributed by atoms with Crippen LogP contribution >= 0.6 is 0 Å². The maximum atomic E-state index is 4.41. The standard InChI is InChI=1S/C11H11N7/c1-7-16-10(12-2)8-5-15-18(11(8)17-7)9-3-4-13-6-14-9/h3-6H,1-2H3,(H,12,16,17). The van der Waals surface area contributed by atoms with E-state index >= 15 is 0 Å².